The van der Waals surface area contributed by atoms with E-state index in [2.05, 4.69) is 5.32 Å². The van der Waals surface area contributed by atoms with Crippen LogP contribution in [0.3, 0.4) is 0 Å². The number of halogens is 1. The van der Waals surface area contributed by atoms with Gasteiger partial charge in [0, 0.05) is 5.02 Å². The van der Waals surface area contributed by atoms with E-state index in [1.807, 2.05) is 37.3 Å². The molecule has 156 valence electrons. The van der Waals surface area contributed by atoms with Crippen molar-refractivity contribution in [3.05, 3.63) is 95.0 Å². The van der Waals surface area contributed by atoms with E-state index in [9.17, 15) is 13.2 Å². The lowest BCUT2D eigenvalue weighted by Gasteiger charge is -2.26. The van der Waals surface area contributed by atoms with Crippen molar-refractivity contribution in [2.24, 2.45) is 0 Å². The number of rotatable bonds is 7. The summed E-state index contributed by atoms with van der Waals surface area (Å²) < 4.78 is 27.9. The zero-order valence-corrected chi connectivity index (χ0v) is 18.3. The Hall–Kier alpha value is -2.83. The Morgan fingerprint density at radius 2 is 1.60 bits per heavy atom. The van der Waals surface area contributed by atoms with Crippen LogP contribution in [0.1, 0.15) is 24.1 Å². The quantitative estimate of drug-likeness (QED) is 0.575. The van der Waals surface area contributed by atoms with E-state index in [0.717, 1.165) is 9.87 Å². The molecule has 5 nitrogen and oxygen atoms in total. The summed E-state index contributed by atoms with van der Waals surface area (Å²) in [4.78, 5) is 12.9. The van der Waals surface area contributed by atoms with Crippen LogP contribution in [0, 0.1) is 6.92 Å². The van der Waals surface area contributed by atoms with Crippen LogP contribution in [0.15, 0.2) is 83.8 Å². The summed E-state index contributed by atoms with van der Waals surface area (Å²) in [5.74, 6) is -0.403. The molecule has 0 aromatic heterocycles. The molecular formula is C23H23ClN2O3S. The van der Waals surface area contributed by atoms with Gasteiger partial charge in [-0.05, 0) is 55.3 Å². The summed E-state index contributed by atoms with van der Waals surface area (Å²) in [5, 5.41) is 3.38. The van der Waals surface area contributed by atoms with Gasteiger partial charge in [0.25, 0.3) is 10.0 Å². The predicted molar refractivity (Wildman–Crippen MR) is 120 cm³/mol. The molecule has 1 N–H and O–H groups in total. The fraction of sp³-hybridized carbons (Fsp3) is 0.174. The fourth-order valence-corrected chi connectivity index (χ4v) is 4.89. The molecule has 3 aromatic rings. The zero-order valence-electron chi connectivity index (χ0n) is 16.7. The van der Waals surface area contributed by atoms with Crippen molar-refractivity contribution in [3.63, 3.8) is 0 Å². The Kier molecular flexibility index (Phi) is 6.80. The minimum absolute atomic E-state index is 0.114. The Morgan fingerprint density at radius 1 is 1.00 bits per heavy atom. The Labute approximate surface area is 182 Å². The van der Waals surface area contributed by atoms with Gasteiger partial charge in [-0.2, -0.15) is 0 Å². The molecule has 3 rings (SSSR count). The molecule has 1 amide bonds. The summed E-state index contributed by atoms with van der Waals surface area (Å²) in [6.45, 7) is 3.27. The molecule has 0 heterocycles. The molecule has 0 aliphatic carbocycles. The van der Waals surface area contributed by atoms with Crippen LogP contribution in [-0.4, -0.2) is 20.9 Å². The number of anilines is 1. The molecule has 3 aromatic carbocycles. The van der Waals surface area contributed by atoms with Gasteiger partial charge in [-0.3, -0.25) is 9.10 Å². The Balaban J connectivity index is 1.93. The molecule has 0 fully saturated rings. The molecule has 0 spiro atoms. The first-order valence-corrected chi connectivity index (χ1v) is 11.3. The van der Waals surface area contributed by atoms with Gasteiger partial charge in [0.1, 0.15) is 6.54 Å². The van der Waals surface area contributed by atoms with Gasteiger partial charge in [-0.15, -0.1) is 0 Å². The second kappa shape index (κ2) is 9.32. The van der Waals surface area contributed by atoms with Gasteiger partial charge in [0.15, 0.2) is 0 Å². The maximum atomic E-state index is 13.4. The standard InChI is InChI=1S/C23H23ClN2O3S/c1-17-15-20(24)13-14-22(17)26(30(28,29)21-11-7-4-8-12-21)16-23(27)25-18(2)19-9-5-3-6-10-19/h3-15,18H,16H2,1-2H3,(H,25,27)/t18-/m0/s1. The largest absolute Gasteiger partial charge is 0.348 e. The second-order valence-electron chi connectivity index (χ2n) is 6.96. The number of hydrogen-bond acceptors (Lipinski definition) is 3. The van der Waals surface area contributed by atoms with Crippen LogP contribution < -0.4 is 9.62 Å². The summed E-state index contributed by atoms with van der Waals surface area (Å²) in [7, 11) is -3.96. The number of nitrogens with zero attached hydrogens (tertiary/aromatic N) is 1. The van der Waals surface area contributed by atoms with Crippen LogP contribution >= 0.6 is 11.6 Å². The number of benzene rings is 3. The van der Waals surface area contributed by atoms with Crippen molar-refractivity contribution in [2.45, 2.75) is 24.8 Å². The summed E-state index contributed by atoms with van der Waals surface area (Å²) in [6.07, 6.45) is 0. The summed E-state index contributed by atoms with van der Waals surface area (Å²) in [5.41, 5.74) is 2.00. The van der Waals surface area contributed by atoms with Crippen LogP contribution in [-0.2, 0) is 14.8 Å². The number of sulfonamides is 1. The number of carbonyl (C=O) groups is 1. The number of carbonyl (C=O) groups excluding carboxylic acids is 1. The third-order valence-electron chi connectivity index (χ3n) is 4.72. The van der Waals surface area contributed by atoms with E-state index < -0.39 is 15.9 Å². The lowest BCUT2D eigenvalue weighted by atomic mass is 10.1. The fourth-order valence-electron chi connectivity index (χ4n) is 3.16. The minimum Gasteiger partial charge on any atom is -0.348 e. The van der Waals surface area contributed by atoms with Gasteiger partial charge < -0.3 is 5.32 Å². The van der Waals surface area contributed by atoms with Crippen LogP contribution in [0.25, 0.3) is 0 Å². The highest BCUT2D eigenvalue weighted by Crippen LogP contribution is 2.29. The van der Waals surface area contributed by atoms with E-state index >= 15 is 0 Å². The monoisotopic (exact) mass is 442 g/mol. The van der Waals surface area contributed by atoms with E-state index in [-0.39, 0.29) is 17.5 Å². The van der Waals surface area contributed by atoms with Gasteiger partial charge >= 0.3 is 0 Å². The van der Waals surface area contributed by atoms with Crippen LogP contribution in [0.2, 0.25) is 5.02 Å². The first-order valence-electron chi connectivity index (χ1n) is 9.47. The lowest BCUT2D eigenvalue weighted by Crippen LogP contribution is -2.41. The Morgan fingerprint density at radius 3 is 2.20 bits per heavy atom. The number of hydrogen-bond donors (Lipinski definition) is 1. The SMILES string of the molecule is Cc1cc(Cl)ccc1N(CC(=O)N[C@@H](C)c1ccccc1)S(=O)(=O)c1ccccc1. The maximum Gasteiger partial charge on any atom is 0.264 e. The van der Waals surface area contributed by atoms with Gasteiger partial charge in [-0.1, -0.05) is 60.1 Å². The predicted octanol–water partition coefficient (Wildman–Crippen LogP) is 4.72. The average molecular weight is 443 g/mol. The normalized spacial score (nSPS) is 12.2. The molecule has 0 bridgehead atoms. The van der Waals surface area contributed by atoms with Gasteiger partial charge in [0.05, 0.1) is 16.6 Å². The van der Waals surface area contributed by atoms with E-state index in [1.54, 1.807) is 43.3 Å². The highest BCUT2D eigenvalue weighted by atomic mass is 35.5. The molecule has 0 aliphatic rings. The highest BCUT2D eigenvalue weighted by Gasteiger charge is 2.28. The molecule has 0 saturated carbocycles. The molecule has 0 aliphatic heterocycles. The third-order valence-corrected chi connectivity index (χ3v) is 6.73. The summed E-state index contributed by atoms with van der Waals surface area (Å²) >= 11 is 6.05. The second-order valence-corrected chi connectivity index (χ2v) is 9.25. The topological polar surface area (TPSA) is 66.5 Å². The van der Waals surface area contributed by atoms with Crippen molar-refractivity contribution in [1.29, 1.82) is 0 Å². The van der Waals surface area contributed by atoms with Crippen molar-refractivity contribution >= 4 is 33.2 Å². The van der Waals surface area contributed by atoms with Crippen molar-refractivity contribution in [3.8, 4) is 0 Å². The van der Waals surface area contributed by atoms with Crippen LogP contribution in [0.4, 0.5) is 5.69 Å². The molecular weight excluding hydrogens is 420 g/mol. The maximum absolute atomic E-state index is 13.4. The summed E-state index contributed by atoms with van der Waals surface area (Å²) in [6, 6.07) is 22.2. The Bertz CT molecular complexity index is 1120. The third kappa shape index (κ3) is 5.01. The molecule has 0 unspecified atom stereocenters. The van der Waals surface area contributed by atoms with Gasteiger partial charge in [-0.25, -0.2) is 8.42 Å². The zero-order chi connectivity index (χ0) is 21.7. The van der Waals surface area contributed by atoms with Crippen LogP contribution in [0.5, 0.6) is 0 Å². The first-order chi connectivity index (χ1) is 14.3. The minimum atomic E-state index is -3.96. The lowest BCUT2D eigenvalue weighted by molar-refractivity contribution is -0.120. The first kappa shape index (κ1) is 21.9. The molecule has 30 heavy (non-hydrogen) atoms. The molecule has 0 radical (unpaired) electrons. The molecule has 7 heteroatoms. The van der Waals surface area contributed by atoms with Crippen molar-refractivity contribution in [2.75, 3.05) is 10.8 Å². The van der Waals surface area contributed by atoms with Gasteiger partial charge in [0.2, 0.25) is 5.91 Å². The molecule has 0 saturated heterocycles. The van der Waals surface area contributed by atoms with Crippen molar-refractivity contribution < 1.29 is 13.2 Å². The van der Waals surface area contributed by atoms with E-state index in [4.69, 9.17) is 11.6 Å². The highest BCUT2D eigenvalue weighted by molar-refractivity contribution is 7.92. The van der Waals surface area contributed by atoms with E-state index in [0.29, 0.717) is 16.3 Å². The smallest absolute Gasteiger partial charge is 0.264 e. The average Bonchev–Trinajstić information content (AvgIpc) is 2.73. The van der Waals surface area contributed by atoms with E-state index in [1.165, 1.54) is 12.1 Å². The number of nitrogens with one attached hydrogen (secondary N) is 1. The number of aryl methyl sites for hydroxylation is 1. The number of amides is 1. The molecule has 1 atom stereocenters. The van der Waals surface area contributed by atoms with Crippen molar-refractivity contribution in [1.82, 2.24) is 5.32 Å².